The highest BCUT2D eigenvalue weighted by Crippen LogP contribution is 1.99. The van der Waals surface area contributed by atoms with Crippen molar-refractivity contribution >= 4 is 11.8 Å². The number of rotatable bonds is 7. The third-order valence-electron chi connectivity index (χ3n) is 1.69. The SMILES string of the molecule is CC(=O)COC(=O)[C@@H](N)CCCCN. The minimum atomic E-state index is -0.638. The molecule has 0 aromatic rings. The molecule has 0 saturated carbocycles. The minimum Gasteiger partial charge on any atom is -0.457 e. The Hall–Kier alpha value is -0.940. The van der Waals surface area contributed by atoms with Gasteiger partial charge in [-0.15, -0.1) is 0 Å². The number of ketones is 1. The van der Waals surface area contributed by atoms with E-state index in [0.717, 1.165) is 12.8 Å². The molecule has 1 atom stereocenters. The van der Waals surface area contributed by atoms with Gasteiger partial charge in [0.1, 0.15) is 12.6 Å². The summed E-state index contributed by atoms with van der Waals surface area (Å²) >= 11 is 0. The van der Waals surface area contributed by atoms with Gasteiger partial charge in [-0.3, -0.25) is 9.59 Å². The molecule has 0 aliphatic heterocycles. The predicted octanol–water partition coefficient (Wildman–Crippen LogP) is -0.425. The molecule has 0 aromatic carbocycles. The summed E-state index contributed by atoms with van der Waals surface area (Å²) in [5.74, 6) is -0.704. The van der Waals surface area contributed by atoms with Crippen LogP contribution >= 0.6 is 0 Å². The summed E-state index contributed by atoms with van der Waals surface area (Å²) in [6.07, 6.45) is 2.19. The third-order valence-corrected chi connectivity index (χ3v) is 1.69. The van der Waals surface area contributed by atoms with Gasteiger partial charge in [0.15, 0.2) is 5.78 Å². The lowest BCUT2D eigenvalue weighted by Crippen LogP contribution is -2.33. The summed E-state index contributed by atoms with van der Waals surface area (Å²) in [6, 6.07) is -0.638. The van der Waals surface area contributed by atoms with Gasteiger partial charge < -0.3 is 16.2 Å². The first-order valence-corrected chi connectivity index (χ1v) is 4.69. The van der Waals surface area contributed by atoms with Crippen LogP contribution < -0.4 is 11.5 Å². The highest BCUT2D eigenvalue weighted by Gasteiger charge is 2.14. The predicted molar refractivity (Wildman–Crippen MR) is 52.5 cm³/mol. The molecule has 82 valence electrons. The Morgan fingerprint density at radius 2 is 2.00 bits per heavy atom. The monoisotopic (exact) mass is 202 g/mol. The zero-order valence-corrected chi connectivity index (χ0v) is 8.49. The van der Waals surface area contributed by atoms with E-state index in [9.17, 15) is 9.59 Å². The van der Waals surface area contributed by atoms with Crippen molar-refractivity contribution in [1.82, 2.24) is 0 Å². The van der Waals surface area contributed by atoms with Gasteiger partial charge in [-0.2, -0.15) is 0 Å². The molecule has 0 rings (SSSR count). The van der Waals surface area contributed by atoms with Crippen LogP contribution in [0.3, 0.4) is 0 Å². The number of Topliss-reactive ketones (excluding diaryl/α,β-unsaturated/α-hetero) is 1. The Kier molecular flexibility index (Phi) is 6.96. The number of hydrogen-bond acceptors (Lipinski definition) is 5. The first kappa shape index (κ1) is 13.1. The molecule has 0 radical (unpaired) electrons. The van der Waals surface area contributed by atoms with E-state index >= 15 is 0 Å². The molecule has 0 spiro atoms. The largest absolute Gasteiger partial charge is 0.457 e. The number of carbonyl (C=O) groups excluding carboxylic acids is 2. The first-order chi connectivity index (χ1) is 6.57. The zero-order chi connectivity index (χ0) is 11.0. The molecule has 0 aliphatic carbocycles. The summed E-state index contributed by atoms with van der Waals surface area (Å²) < 4.78 is 4.65. The summed E-state index contributed by atoms with van der Waals surface area (Å²) in [7, 11) is 0. The fourth-order valence-corrected chi connectivity index (χ4v) is 0.906. The maximum atomic E-state index is 11.1. The van der Waals surface area contributed by atoms with Crippen molar-refractivity contribution in [3.8, 4) is 0 Å². The average molecular weight is 202 g/mol. The molecule has 0 unspecified atom stereocenters. The summed E-state index contributed by atoms with van der Waals surface area (Å²) in [5.41, 5.74) is 10.8. The van der Waals surface area contributed by atoms with Crippen LogP contribution in [0.25, 0.3) is 0 Å². The van der Waals surface area contributed by atoms with Crippen molar-refractivity contribution in [3.63, 3.8) is 0 Å². The lowest BCUT2D eigenvalue weighted by atomic mass is 10.1. The van der Waals surface area contributed by atoms with Gasteiger partial charge in [0, 0.05) is 0 Å². The number of carbonyl (C=O) groups is 2. The van der Waals surface area contributed by atoms with Crippen LogP contribution in [0.15, 0.2) is 0 Å². The standard InChI is InChI=1S/C9H18N2O3/c1-7(12)6-14-9(13)8(11)4-2-3-5-10/h8H,2-6,10-11H2,1H3/t8-/m0/s1. The molecular weight excluding hydrogens is 184 g/mol. The maximum absolute atomic E-state index is 11.1. The Morgan fingerprint density at radius 1 is 1.36 bits per heavy atom. The maximum Gasteiger partial charge on any atom is 0.323 e. The molecule has 0 saturated heterocycles. The molecule has 0 heterocycles. The molecule has 0 aliphatic rings. The van der Waals surface area contributed by atoms with Crippen molar-refractivity contribution in [2.45, 2.75) is 32.2 Å². The van der Waals surface area contributed by atoms with Crippen LogP contribution in [0.5, 0.6) is 0 Å². The number of nitrogens with two attached hydrogens (primary N) is 2. The van der Waals surface area contributed by atoms with Crippen LogP contribution in [-0.4, -0.2) is 30.9 Å². The molecular formula is C9H18N2O3. The Bertz CT molecular complexity index is 194. The van der Waals surface area contributed by atoms with Crippen molar-refractivity contribution in [3.05, 3.63) is 0 Å². The van der Waals surface area contributed by atoms with E-state index in [2.05, 4.69) is 4.74 Å². The van der Waals surface area contributed by atoms with Gasteiger partial charge in [0.05, 0.1) is 0 Å². The summed E-state index contributed by atoms with van der Waals surface area (Å²) in [5, 5.41) is 0. The van der Waals surface area contributed by atoms with Crippen LogP contribution in [-0.2, 0) is 14.3 Å². The Morgan fingerprint density at radius 3 is 2.50 bits per heavy atom. The van der Waals surface area contributed by atoms with E-state index in [1.54, 1.807) is 0 Å². The van der Waals surface area contributed by atoms with Gasteiger partial charge in [-0.25, -0.2) is 0 Å². The van der Waals surface area contributed by atoms with Crippen LogP contribution in [0.4, 0.5) is 0 Å². The van der Waals surface area contributed by atoms with Crippen LogP contribution in [0, 0.1) is 0 Å². The summed E-state index contributed by atoms with van der Waals surface area (Å²) in [4.78, 5) is 21.6. The number of esters is 1. The molecule has 14 heavy (non-hydrogen) atoms. The van der Waals surface area contributed by atoms with E-state index in [4.69, 9.17) is 11.5 Å². The molecule has 0 fully saturated rings. The molecule has 0 amide bonds. The van der Waals surface area contributed by atoms with Crippen molar-refractivity contribution in [2.24, 2.45) is 11.5 Å². The minimum absolute atomic E-state index is 0.187. The quantitative estimate of drug-likeness (QED) is 0.431. The van der Waals surface area contributed by atoms with E-state index in [0.29, 0.717) is 13.0 Å². The topological polar surface area (TPSA) is 95.4 Å². The van der Waals surface area contributed by atoms with E-state index in [-0.39, 0.29) is 12.4 Å². The average Bonchev–Trinajstić information content (AvgIpc) is 2.14. The first-order valence-electron chi connectivity index (χ1n) is 4.69. The second-order valence-electron chi connectivity index (χ2n) is 3.20. The second-order valence-corrected chi connectivity index (χ2v) is 3.20. The molecule has 0 aromatic heterocycles. The van der Waals surface area contributed by atoms with Gasteiger partial charge in [-0.1, -0.05) is 6.42 Å². The van der Waals surface area contributed by atoms with Crippen molar-refractivity contribution < 1.29 is 14.3 Å². The highest BCUT2D eigenvalue weighted by atomic mass is 16.5. The lowest BCUT2D eigenvalue weighted by molar-refractivity contribution is -0.149. The Balaban J connectivity index is 3.59. The van der Waals surface area contributed by atoms with Gasteiger partial charge in [-0.05, 0) is 26.3 Å². The Labute approximate surface area is 83.8 Å². The van der Waals surface area contributed by atoms with Crippen molar-refractivity contribution in [1.29, 1.82) is 0 Å². The van der Waals surface area contributed by atoms with Gasteiger partial charge >= 0.3 is 5.97 Å². The third kappa shape index (κ3) is 6.56. The van der Waals surface area contributed by atoms with Gasteiger partial charge in [0.25, 0.3) is 0 Å². The highest BCUT2D eigenvalue weighted by molar-refractivity contribution is 5.82. The summed E-state index contributed by atoms with van der Waals surface area (Å²) in [6.45, 7) is 1.76. The van der Waals surface area contributed by atoms with Crippen LogP contribution in [0.1, 0.15) is 26.2 Å². The zero-order valence-electron chi connectivity index (χ0n) is 8.49. The smallest absolute Gasteiger partial charge is 0.323 e. The number of hydrogen-bond donors (Lipinski definition) is 2. The van der Waals surface area contributed by atoms with Crippen molar-refractivity contribution in [2.75, 3.05) is 13.2 Å². The molecule has 5 nitrogen and oxygen atoms in total. The van der Waals surface area contributed by atoms with E-state index in [1.165, 1.54) is 6.92 Å². The fourth-order valence-electron chi connectivity index (χ4n) is 0.906. The normalized spacial score (nSPS) is 12.2. The molecule has 0 bridgehead atoms. The molecule has 5 heteroatoms. The second kappa shape index (κ2) is 7.46. The van der Waals surface area contributed by atoms with Gasteiger partial charge in [0.2, 0.25) is 0 Å². The fraction of sp³-hybridized carbons (Fsp3) is 0.778. The van der Waals surface area contributed by atoms with Crippen LogP contribution in [0.2, 0.25) is 0 Å². The number of ether oxygens (including phenoxy) is 1. The molecule has 4 N–H and O–H groups in total. The van der Waals surface area contributed by atoms with E-state index < -0.39 is 12.0 Å². The van der Waals surface area contributed by atoms with E-state index in [1.807, 2.05) is 0 Å². The number of unbranched alkanes of at least 4 members (excludes halogenated alkanes) is 1. The lowest BCUT2D eigenvalue weighted by Gasteiger charge is -2.09.